The molecule has 2 saturated heterocycles. The Morgan fingerprint density at radius 2 is 1.73 bits per heavy atom. The van der Waals surface area contributed by atoms with Crippen LogP contribution < -0.4 is 5.32 Å². The number of anilines is 1. The molecule has 2 fully saturated rings. The van der Waals surface area contributed by atoms with Gasteiger partial charge in [0.1, 0.15) is 12.4 Å². The lowest BCUT2D eigenvalue weighted by atomic mass is 9.73. The van der Waals surface area contributed by atoms with Gasteiger partial charge in [0.15, 0.2) is 0 Å². The third-order valence-corrected chi connectivity index (χ3v) is 6.52. The van der Waals surface area contributed by atoms with Gasteiger partial charge in [0.05, 0.1) is 18.7 Å². The van der Waals surface area contributed by atoms with Crippen molar-refractivity contribution in [2.24, 2.45) is 0 Å². The molecule has 6 nitrogen and oxygen atoms in total. The highest BCUT2D eigenvalue weighted by Gasteiger charge is 2.54. The van der Waals surface area contributed by atoms with Gasteiger partial charge in [0, 0.05) is 18.2 Å². The molecule has 3 atom stereocenters. The Kier molecular flexibility index (Phi) is 5.56. The largest absolute Gasteiger partial charge is 0.394 e. The van der Waals surface area contributed by atoms with Gasteiger partial charge in [-0.15, -0.1) is 0 Å². The van der Waals surface area contributed by atoms with Gasteiger partial charge in [-0.2, -0.15) is 0 Å². The predicted octanol–water partition coefficient (Wildman–Crippen LogP) is 3.70. The molecule has 2 aliphatic rings. The molecule has 2 aliphatic heterocycles. The molecule has 3 aromatic carbocycles. The molecule has 33 heavy (non-hydrogen) atoms. The molecule has 0 aliphatic carbocycles. The fraction of sp³-hybridized carbons (Fsp3) is 0.231. The molecular formula is C26H24FN3O3. The van der Waals surface area contributed by atoms with Crippen LogP contribution >= 0.6 is 0 Å². The van der Waals surface area contributed by atoms with Crippen molar-refractivity contribution >= 4 is 17.6 Å². The average molecular weight is 445 g/mol. The van der Waals surface area contributed by atoms with Crippen molar-refractivity contribution in [1.29, 1.82) is 0 Å². The van der Waals surface area contributed by atoms with Crippen LogP contribution in [0.2, 0.25) is 0 Å². The van der Waals surface area contributed by atoms with E-state index in [9.17, 15) is 19.1 Å². The van der Waals surface area contributed by atoms with Crippen molar-refractivity contribution < 1.29 is 19.1 Å². The molecular weight excluding hydrogens is 421 g/mol. The van der Waals surface area contributed by atoms with Crippen LogP contribution in [0.15, 0.2) is 78.9 Å². The van der Waals surface area contributed by atoms with Gasteiger partial charge in [0.2, 0.25) is 5.91 Å². The lowest BCUT2D eigenvalue weighted by molar-refractivity contribution is -0.159. The molecule has 0 bridgehead atoms. The van der Waals surface area contributed by atoms with Crippen molar-refractivity contribution in [3.63, 3.8) is 0 Å². The van der Waals surface area contributed by atoms with E-state index in [0.29, 0.717) is 12.2 Å². The second-order valence-corrected chi connectivity index (χ2v) is 8.45. The number of carbonyl (C=O) groups excluding carboxylic acids is 2. The number of nitrogens with zero attached hydrogens (tertiary/aromatic N) is 2. The van der Waals surface area contributed by atoms with E-state index < -0.39 is 11.8 Å². The molecule has 0 unspecified atom stereocenters. The Balaban J connectivity index is 1.34. The van der Waals surface area contributed by atoms with E-state index in [2.05, 4.69) is 5.32 Å². The first-order valence-electron chi connectivity index (χ1n) is 10.9. The summed E-state index contributed by atoms with van der Waals surface area (Å²) in [6.07, 6.45) is 0. The quantitative estimate of drug-likeness (QED) is 0.643. The molecule has 0 spiro atoms. The molecule has 5 rings (SSSR count). The first kappa shape index (κ1) is 21.2. The molecule has 3 aromatic rings. The Morgan fingerprint density at radius 1 is 1.00 bits per heavy atom. The van der Waals surface area contributed by atoms with Crippen LogP contribution in [0, 0.1) is 5.82 Å². The van der Waals surface area contributed by atoms with E-state index in [-0.39, 0.29) is 37.1 Å². The highest BCUT2D eigenvalue weighted by atomic mass is 19.1. The van der Waals surface area contributed by atoms with Crippen molar-refractivity contribution in [1.82, 2.24) is 9.80 Å². The number of amides is 3. The smallest absolute Gasteiger partial charge is 0.322 e. The van der Waals surface area contributed by atoms with Gasteiger partial charge in [-0.25, -0.2) is 9.18 Å². The number of fused-ring (bicyclic) bond motifs is 1. The van der Waals surface area contributed by atoms with Crippen LogP contribution in [0.5, 0.6) is 0 Å². The highest BCUT2D eigenvalue weighted by Crippen LogP contribution is 2.43. The van der Waals surface area contributed by atoms with Crippen LogP contribution in [0.3, 0.4) is 0 Å². The van der Waals surface area contributed by atoms with Crippen molar-refractivity contribution in [2.75, 3.05) is 25.0 Å². The van der Waals surface area contributed by atoms with Crippen LogP contribution in [-0.2, 0) is 4.79 Å². The Bertz CT molecular complexity index is 1170. The maximum Gasteiger partial charge on any atom is 0.322 e. The van der Waals surface area contributed by atoms with Crippen LogP contribution in [0.4, 0.5) is 14.9 Å². The zero-order chi connectivity index (χ0) is 22.9. The summed E-state index contributed by atoms with van der Waals surface area (Å²) in [6.45, 7) is 0.130. The maximum absolute atomic E-state index is 13.5. The molecule has 0 radical (unpaired) electrons. The van der Waals surface area contributed by atoms with Crippen molar-refractivity contribution in [3.05, 3.63) is 90.2 Å². The minimum absolute atomic E-state index is 0.0754. The molecule has 0 aromatic heterocycles. The topological polar surface area (TPSA) is 72.9 Å². The number of piperazine rings is 1. The minimum atomic E-state index is -0.447. The van der Waals surface area contributed by atoms with Crippen LogP contribution in [0.25, 0.3) is 11.1 Å². The lowest BCUT2D eigenvalue weighted by Gasteiger charge is -2.58. The monoisotopic (exact) mass is 445 g/mol. The van der Waals surface area contributed by atoms with Gasteiger partial charge in [-0.3, -0.25) is 4.79 Å². The number of halogens is 1. The summed E-state index contributed by atoms with van der Waals surface area (Å²) in [5, 5.41) is 12.6. The highest BCUT2D eigenvalue weighted by molar-refractivity contribution is 5.93. The zero-order valence-electron chi connectivity index (χ0n) is 17.9. The van der Waals surface area contributed by atoms with Crippen LogP contribution in [0.1, 0.15) is 11.5 Å². The summed E-state index contributed by atoms with van der Waals surface area (Å²) in [5.74, 6) is -0.720. The third kappa shape index (κ3) is 3.96. The molecule has 2 N–H and O–H groups in total. The van der Waals surface area contributed by atoms with E-state index >= 15 is 0 Å². The number of nitrogens with one attached hydrogen (secondary N) is 1. The zero-order valence-corrected chi connectivity index (χ0v) is 17.9. The maximum atomic E-state index is 13.5. The van der Waals surface area contributed by atoms with E-state index in [4.69, 9.17) is 0 Å². The Hall–Kier alpha value is -3.71. The first-order chi connectivity index (χ1) is 16.0. The summed E-state index contributed by atoms with van der Waals surface area (Å²) in [7, 11) is 0. The van der Waals surface area contributed by atoms with Gasteiger partial charge >= 0.3 is 6.03 Å². The number of aliphatic hydroxyl groups is 1. The SMILES string of the molecule is O=C(Nc1cccc(F)c1)N1CC(=O)N2[C@@H](CO)[C@H](c3ccc(-c4ccccc4)cc3)[C@@H]2C1. The number of carbonyl (C=O) groups is 2. The van der Waals surface area contributed by atoms with Gasteiger partial charge < -0.3 is 20.2 Å². The van der Waals surface area contributed by atoms with E-state index in [1.54, 1.807) is 11.0 Å². The van der Waals surface area contributed by atoms with E-state index in [0.717, 1.165) is 16.7 Å². The summed E-state index contributed by atoms with van der Waals surface area (Å²) in [4.78, 5) is 28.7. The first-order valence-corrected chi connectivity index (χ1v) is 10.9. The van der Waals surface area contributed by atoms with E-state index in [1.807, 2.05) is 54.6 Å². The van der Waals surface area contributed by atoms with Gasteiger partial charge in [-0.1, -0.05) is 60.7 Å². The van der Waals surface area contributed by atoms with Crippen LogP contribution in [-0.4, -0.2) is 58.6 Å². The molecule has 2 heterocycles. The molecule has 7 heteroatoms. The van der Waals surface area contributed by atoms with E-state index in [1.165, 1.54) is 23.1 Å². The molecule has 168 valence electrons. The molecule has 0 saturated carbocycles. The third-order valence-electron chi connectivity index (χ3n) is 6.52. The number of rotatable bonds is 4. The summed E-state index contributed by atoms with van der Waals surface area (Å²) >= 11 is 0. The average Bonchev–Trinajstić information content (AvgIpc) is 2.81. The van der Waals surface area contributed by atoms with Gasteiger partial charge in [-0.05, 0) is 34.9 Å². The summed E-state index contributed by atoms with van der Waals surface area (Å²) in [5.41, 5.74) is 3.57. The summed E-state index contributed by atoms with van der Waals surface area (Å²) < 4.78 is 13.5. The number of aliphatic hydroxyl groups excluding tert-OH is 1. The standard InChI is InChI=1S/C26H24FN3O3/c27-20-7-4-8-21(13-20)28-26(33)29-14-22-25(23(16-31)30(22)24(32)15-29)19-11-9-18(10-12-19)17-5-2-1-3-6-17/h1-13,22-23,25,31H,14-16H2,(H,28,33)/t22-,23-,25+/m0/s1. The van der Waals surface area contributed by atoms with Crippen molar-refractivity contribution in [2.45, 2.75) is 18.0 Å². The Labute approximate surface area is 191 Å². The number of hydrogen-bond donors (Lipinski definition) is 2. The molecule has 3 amide bonds. The fourth-order valence-corrected chi connectivity index (χ4v) is 4.95. The normalized spacial score (nSPS) is 21.9. The number of urea groups is 1. The second-order valence-electron chi connectivity index (χ2n) is 8.45. The predicted molar refractivity (Wildman–Crippen MR) is 123 cm³/mol. The lowest BCUT2D eigenvalue weighted by Crippen LogP contribution is -2.73. The fourth-order valence-electron chi connectivity index (χ4n) is 4.95. The Morgan fingerprint density at radius 3 is 2.42 bits per heavy atom. The van der Waals surface area contributed by atoms with Crippen molar-refractivity contribution in [3.8, 4) is 11.1 Å². The summed E-state index contributed by atoms with van der Waals surface area (Å²) in [6, 6.07) is 22.9. The number of benzene rings is 3. The van der Waals surface area contributed by atoms with Gasteiger partial charge in [0.25, 0.3) is 0 Å². The minimum Gasteiger partial charge on any atom is -0.394 e. The number of hydrogen-bond acceptors (Lipinski definition) is 3. The second kappa shape index (κ2) is 8.67.